The maximum Gasteiger partial charge on any atom is 0.313 e. The van der Waals surface area contributed by atoms with Crippen LogP contribution in [0.15, 0.2) is 42.5 Å². The second kappa shape index (κ2) is 11.2. The number of anilines is 1. The molecule has 0 aromatic heterocycles. The van der Waals surface area contributed by atoms with E-state index >= 15 is 0 Å². The number of esters is 1. The van der Waals surface area contributed by atoms with Crippen molar-refractivity contribution in [3.8, 4) is 5.75 Å². The number of hydrogen-bond acceptors (Lipinski definition) is 4. The standard InChI is InChI=1S/C26H37NO3/c1-18(2)26(29)30-25-14-13-22(17-28)15-23(25)11-7-9-21-10-8-12-24(16-21)27(19(3)4)20(5)6/h8,10,12-16,18-20,28H,7,9,11,17H2,1-6H3. The first-order chi connectivity index (χ1) is 14.2. The Kier molecular flexibility index (Phi) is 8.91. The summed E-state index contributed by atoms with van der Waals surface area (Å²) in [6, 6.07) is 15.2. The van der Waals surface area contributed by atoms with Crippen molar-refractivity contribution >= 4 is 11.7 Å². The topological polar surface area (TPSA) is 49.8 Å². The monoisotopic (exact) mass is 411 g/mol. The second-order valence-electron chi connectivity index (χ2n) is 8.79. The lowest BCUT2D eigenvalue weighted by Gasteiger charge is -2.33. The first kappa shape index (κ1) is 23.9. The highest BCUT2D eigenvalue weighted by Crippen LogP contribution is 2.25. The van der Waals surface area contributed by atoms with Crippen LogP contribution in [0.3, 0.4) is 0 Å². The summed E-state index contributed by atoms with van der Waals surface area (Å²) in [4.78, 5) is 14.5. The van der Waals surface area contributed by atoms with Crippen molar-refractivity contribution in [1.29, 1.82) is 0 Å². The largest absolute Gasteiger partial charge is 0.426 e. The van der Waals surface area contributed by atoms with E-state index in [1.54, 1.807) is 6.07 Å². The van der Waals surface area contributed by atoms with Crippen LogP contribution in [-0.2, 0) is 24.2 Å². The third kappa shape index (κ3) is 6.60. The van der Waals surface area contributed by atoms with Crippen LogP contribution in [0.1, 0.15) is 64.7 Å². The van der Waals surface area contributed by atoms with E-state index in [1.807, 2.05) is 26.0 Å². The van der Waals surface area contributed by atoms with Crippen molar-refractivity contribution in [3.63, 3.8) is 0 Å². The number of nitrogens with zero attached hydrogens (tertiary/aromatic N) is 1. The van der Waals surface area contributed by atoms with E-state index in [1.165, 1.54) is 11.3 Å². The van der Waals surface area contributed by atoms with Gasteiger partial charge in [0.1, 0.15) is 5.75 Å². The van der Waals surface area contributed by atoms with Crippen molar-refractivity contribution < 1.29 is 14.6 Å². The smallest absolute Gasteiger partial charge is 0.313 e. The molecule has 0 fully saturated rings. The summed E-state index contributed by atoms with van der Waals surface area (Å²) in [5, 5.41) is 9.49. The van der Waals surface area contributed by atoms with E-state index in [9.17, 15) is 9.90 Å². The molecular formula is C26H37NO3. The summed E-state index contributed by atoms with van der Waals surface area (Å²) in [5.41, 5.74) is 4.36. The predicted molar refractivity (Wildman–Crippen MR) is 124 cm³/mol. The minimum atomic E-state index is -0.233. The number of aliphatic hydroxyl groups excluding tert-OH is 1. The van der Waals surface area contributed by atoms with Gasteiger partial charge < -0.3 is 14.7 Å². The van der Waals surface area contributed by atoms with E-state index in [2.05, 4.69) is 56.9 Å². The van der Waals surface area contributed by atoms with Gasteiger partial charge in [-0.2, -0.15) is 0 Å². The Morgan fingerprint density at radius 2 is 1.63 bits per heavy atom. The fourth-order valence-corrected chi connectivity index (χ4v) is 3.80. The van der Waals surface area contributed by atoms with Crippen molar-refractivity contribution in [2.24, 2.45) is 5.92 Å². The Morgan fingerprint density at radius 1 is 0.933 bits per heavy atom. The molecule has 0 unspecified atom stereocenters. The highest BCUT2D eigenvalue weighted by molar-refractivity contribution is 5.74. The third-order valence-corrected chi connectivity index (χ3v) is 5.22. The van der Waals surface area contributed by atoms with Crippen LogP contribution in [0, 0.1) is 5.92 Å². The highest BCUT2D eigenvalue weighted by atomic mass is 16.5. The van der Waals surface area contributed by atoms with Gasteiger partial charge in [0.15, 0.2) is 0 Å². The summed E-state index contributed by atoms with van der Waals surface area (Å²) in [5.74, 6) is 0.191. The van der Waals surface area contributed by atoms with Crippen molar-refractivity contribution in [2.45, 2.75) is 79.5 Å². The van der Waals surface area contributed by atoms with Crippen molar-refractivity contribution in [1.82, 2.24) is 0 Å². The summed E-state index contributed by atoms with van der Waals surface area (Å²) in [6.07, 6.45) is 2.67. The number of hydrogen-bond donors (Lipinski definition) is 1. The molecule has 0 atom stereocenters. The van der Waals surface area contributed by atoms with E-state index < -0.39 is 0 Å². The molecule has 2 aromatic rings. The fraction of sp³-hybridized carbons (Fsp3) is 0.500. The minimum absolute atomic E-state index is 0.0201. The molecule has 0 saturated carbocycles. The Bertz CT molecular complexity index is 819. The maximum atomic E-state index is 12.0. The van der Waals surface area contributed by atoms with Gasteiger partial charge in [-0.25, -0.2) is 0 Å². The van der Waals surface area contributed by atoms with Crippen LogP contribution in [0.25, 0.3) is 0 Å². The molecule has 0 aliphatic heterocycles. The molecule has 2 rings (SSSR count). The normalized spacial score (nSPS) is 11.4. The summed E-state index contributed by atoms with van der Waals surface area (Å²) >= 11 is 0. The molecule has 0 aliphatic carbocycles. The molecule has 4 heteroatoms. The maximum absolute atomic E-state index is 12.0. The molecule has 0 bridgehead atoms. The summed E-state index contributed by atoms with van der Waals surface area (Å²) in [7, 11) is 0. The zero-order chi connectivity index (χ0) is 22.3. The van der Waals surface area contributed by atoms with Crippen LogP contribution in [-0.4, -0.2) is 23.2 Å². The van der Waals surface area contributed by atoms with Gasteiger partial charge >= 0.3 is 5.97 Å². The zero-order valence-electron chi connectivity index (χ0n) is 19.3. The Labute approximate surface area is 181 Å². The van der Waals surface area contributed by atoms with Crippen LogP contribution in [0.5, 0.6) is 5.75 Å². The van der Waals surface area contributed by atoms with Gasteiger partial charge in [0.05, 0.1) is 12.5 Å². The second-order valence-corrected chi connectivity index (χ2v) is 8.79. The van der Waals surface area contributed by atoms with Crippen molar-refractivity contribution in [2.75, 3.05) is 4.90 Å². The van der Waals surface area contributed by atoms with Gasteiger partial charge in [-0.05, 0) is 87.9 Å². The van der Waals surface area contributed by atoms with Gasteiger partial charge in [-0.1, -0.05) is 32.0 Å². The summed E-state index contributed by atoms with van der Waals surface area (Å²) in [6.45, 7) is 12.5. The average molecular weight is 412 g/mol. The fourth-order valence-electron chi connectivity index (χ4n) is 3.80. The molecule has 30 heavy (non-hydrogen) atoms. The molecule has 0 heterocycles. The number of benzene rings is 2. The molecule has 0 aliphatic rings. The number of carbonyl (C=O) groups is 1. The van der Waals surface area contributed by atoms with E-state index in [-0.39, 0.29) is 18.5 Å². The molecule has 0 spiro atoms. The Hall–Kier alpha value is -2.33. The zero-order valence-corrected chi connectivity index (χ0v) is 19.3. The molecule has 0 amide bonds. The van der Waals surface area contributed by atoms with Crippen LogP contribution in [0.4, 0.5) is 5.69 Å². The Morgan fingerprint density at radius 3 is 2.23 bits per heavy atom. The highest BCUT2D eigenvalue weighted by Gasteiger charge is 2.15. The lowest BCUT2D eigenvalue weighted by molar-refractivity contribution is -0.137. The Balaban J connectivity index is 2.11. The SMILES string of the molecule is CC(C)C(=O)Oc1ccc(CO)cc1CCCc1cccc(N(C(C)C)C(C)C)c1. The molecule has 1 N–H and O–H groups in total. The van der Waals surface area contributed by atoms with Gasteiger partial charge in [-0.15, -0.1) is 0 Å². The molecule has 0 radical (unpaired) electrons. The van der Waals surface area contributed by atoms with E-state index in [0.29, 0.717) is 17.8 Å². The summed E-state index contributed by atoms with van der Waals surface area (Å²) < 4.78 is 5.59. The molecule has 2 aromatic carbocycles. The first-order valence-corrected chi connectivity index (χ1v) is 11.0. The number of aliphatic hydroxyl groups is 1. The van der Waals surface area contributed by atoms with Crippen LogP contribution in [0.2, 0.25) is 0 Å². The quantitative estimate of drug-likeness (QED) is 0.412. The van der Waals surface area contributed by atoms with E-state index in [0.717, 1.165) is 30.4 Å². The molecular weight excluding hydrogens is 374 g/mol. The van der Waals surface area contributed by atoms with Crippen LogP contribution < -0.4 is 9.64 Å². The average Bonchev–Trinajstić information content (AvgIpc) is 2.68. The lowest BCUT2D eigenvalue weighted by Crippen LogP contribution is -2.36. The van der Waals surface area contributed by atoms with Gasteiger partial charge in [0, 0.05) is 17.8 Å². The van der Waals surface area contributed by atoms with Gasteiger partial charge in [-0.3, -0.25) is 4.79 Å². The lowest BCUT2D eigenvalue weighted by atomic mass is 10.0. The molecule has 0 saturated heterocycles. The van der Waals surface area contributed by atoms with Crippen LogP contribution >= 0.6 is 0 Å². The predicted octanol–water partition coefficient (Wildman–Crippen LogP) is 5.54. The molecule has 164 valence electrons. The molecule has 4 nitrogen and oxygen atoms in total. The number of ether oxygens (including phenoxy) is 1. The number of rotatable bonds is 10. The minimum Gasteiger partial charge on any atom is -0.426 e. The van der Waals surface area contributed by atoms with Crippen molar-refractivity contribution in [3.05, 3.63) is 59.2 Å². The van der Waals surface area contributed by atoms with Gasteiger partial charge in [0.2, 0.25) is 0 Å². The van der Waals surface area contributed by atoms with E-state index in [4.69, 9.17) is 4.74 Å². The number of carbonyl (C=O) groups excluding carboxylic acids is 1. The van der Waals surface area contributed by atoms with Gasteiger partial charge in [0.25, 0.3) is 0 Å². The number of aryl methyl sites for hydroxylation is 2. The first-order valence-electron chi connectivity index (χ1n) is 11.0. The third-order valence-electron chi connectivity index (χ3n) is 5.22.